The van der Waals surface area contributed by atoms with E-state index in [1.807, 2.05) is 18.2 Å². The molecule has 2 rings (SSSR count). The summed E-state index contributed by atoms with van der Waals surface area (Å²) in [4.78, 5) is 0. The summed E-state index contributed by atoms with van der Waals surface area (Å²) in [6, 6.07) is 10.5. The van der Waals surface area contributed by atoms with Crippen molar-refractivity contribution in [3.63, 3.8) is 0 Å². The Morgan fingerprint density at radius 3 is 2.22 bits per heavy atom. The molecule has 0 aromatic heterocycles. The fourth-order valence-corrected chi connectivity index (χ4v) is 1.88. The third kappa shape index (κ3) is 2.75. The number of phenolic OH excluding ortho intramolecular Hbond substituents is 1. The second kappa shape index (κ2) is 5.57. The molecule has 0 bridgehead atoms. The highest BCUT2D eigenvalue weighted by Crippen LogP contribution is 2.43. The van der Waals surface area contributed by atoms with Gasteiger partial charge in [0.1, 0.15) is 10.7 Å². The van der Waals surface area contributed by atoms with Crippen LogP contribution < -0.4 is 0 Å². The van der Waals surface area contributed by atoms with Crippen LogP contribution in [-0.2, 0) is 0 Å². The number of phenols is 1. The van der Waals surface area contributed by atoms with Crippen LogP contribution in [-0.4, -0.2) is 5.11 Å². The molecular weight excluding hydrogens is 295 g/mol. The second-order valence-corrected chi connectivity index (χ2v) is 4.55. The summed E-state index contributed by atoms with van der Waals surface area (Å²) in [5.41, 5.74) is 0.974. The van der Waals surface area contributed by atoms with Crippen LogP contribution in [0.2, 0.25) is 15.1 Å². The van der Waals surface area contributed by atoms with Crippen LogP contribution >= 0.6 is 34.8 Å². The van der Waals surface area contributed by atoms with Gasteiger partial charge in [0.25, 0.3) is 0 Å². The number of hydrogen-bond acceptors (Lipinski definition) is 3. The van der Waals surface area contributed by atoms with Crippen molar-refractivity contribution in [2.45, 2.75) is 0 Å². The SMILES string of the molecule is Oc1c(Cl)cc(N=Nc2ccccc2)c(Cl)c1Cl. The predicted octanol–water partition coefficient (Wildman–Crippen LogP) is 5.77. The standard InChI is InChI=1S/C12H7Cl3N2O/c13-8-6-9(10(14)11(15)12(8)18)17-16-7-4-2-1-3-5-7/h1-6,18H. The summed E-state index contributed by atoms with van der Waals surface area (Å²) in [6.07, 6.45) is 0. The number of azo groups is 1. The molecule has 0 aliphatic heterocycles. The maximum absolute atomic E-state index is 9.48. The Hall–Kier alpha value is -1.29. The lowest BCUT2D eigenvalue weighted by Gasteiger charge is -2.04. The minimum absolute atomic E-state index is 0.0359. The van der Waals surface area contributed by atoms with Gasteiger partial charge in [0.05, 0.1) is 15.7 Å². The van der Waals surface area contributed by atoms with Crippen LogP contribution in [0.1, 0.15) is 0 Å². The molecule has 0 radical (unpaired) electrons. The summed E-state index contributed by atoms with van der Waals surface area (Å²) >= 11 is 17.5. The van der Waals surface area contributed by atoms with Gasteiger partial charge in [-0.15, -0.1) is 5.11 Å². The Kier molecular flexibility index (Phi) is 4.07. The number of aromatic hydroxyl groups is 1. The van der Waals surface area contributed by atoms with Gasteiger partial charge in [0.15, 0.2) is 5.75 Å². The van der Waals surface area contributed by atoms with Crippen LogP contribution in [0.5, 0.6) is 5.75 Å². The quantitative estimate of drug-likeness (QED) is 0.555. The first-order valence-electron chi connectivity index (χ1n) is 4.93. The van der Waals surface area contributed by atoms with Crippen LogP contribution in [0.25, 0.3) is 0 Å². The van der Waals surface area contributed by atoms with Crippen molar-refractivity contribution in [2.24, 2.45) is 10.2 Å². The third-order valence-corrected chi connectivity index (χ3v) is 3.28. The van der Waals surface area contributed by atoms with E-state index in [-0.39, 0.29) is 20.8 Å². The lowest BCUT2D eigenvalue weighted by Crippen LogP contribution is -1.75. The summed E-state index contributed by atoms with van der Waals surface area (Å²) in [5, 5.41) is 17.6. The van der Waals surface area contributed by atoms with Gasteiger partial charge in [-0.05, 0) is 18.2 Å². The van der Waals surface area contributed by atoms with E-state index >= 15 is 0 Å². The smallest absolute Gasteiger partial charge is 0.154 e. The summed E-state index contributed by atoms with van der Waals surface area (Å²) in [5.74, 6) is -0.262. The van der Waals surface area contributed by atoms with Crippen LogP contribution in [0.15, 0.2) is 46.6 Å². The Morgan fingerprint density at radius 1 is 0.889 bits per heavy atom. The van der Waals surface area contributed by atoms with E-state index in [4.69, 9.17) is 34.8 Å². The number of nitrogens with zero attached hydrogens (tertiary/aromatic N) is 2. The normalized spacial score (nSPS) is 11.1. The number of rotatable bonds is 2. The number of hydrogen-bond donors (Lipinski definition) is 1. The van der Waals surface area contributed by atoms with Gasteiger partial charge in [-0.25, -0.2) is 0 Å². The monoisotopic (exact) mass is 300 g/mol. The van der Waals surface area contributed by atoms with Crippen molar-refractivity contribution in [1.82, 2.24) is 0 Å². The van der Waals surface area contributed by atoms with Crippen molar-refractivity contribution < 1.29 is 5.11 Å². The zero-order valence-corrected chi connectivity index (χ0v) is 11.2. The highest BCUT2D eigenvalue weighted by Gasteiger charge is 2.13. The highest BCUT2D eigenvalue weighted by atomic mass is 35.5. The molecule has 0 amide bonds. The number of benzene rings is 2. The molecule has 0 unspecified atom stereocenters. The molecule has 0 aliphatic carbocycles. The highest BCUT2D eigenvalue weighted by molar-refractivity contribution is 6.46. The average molecular weight is 302 g/mol. The fraction of sp³-hybridized carbons (Fsp3) is 0. The maximum Gasteiger partial charge on any atom is 0.154 e. The molecule has 3 nitrogen and oxygen atoms in total. The molecule has 0 saturated heterocycles. The molecule has 0 fully saturated rings. The molecule has 2 aromatic carbocycles. The Labute approximate surface area is 119 Å². The van der Waals surface area contributed by atoms with Crippen molar-refractivity contribution in [3.8, 4) is 5.75 Å². The van der Waals surface area contributed by atoms with Crippen LogP contribution in [0.4, 0.5) is 11.4 Å². The molecule has 0 atom stereocenters. The Morgan fingerprint density at radius 2 is 1.56 bits per heavy atom. The largest absolute Gasteiger partial charge is 0.505 e. The first kappa shape index (κ1) is 13.1. The van der Waals surface area contributed by atoms with E-state index in [0.29, 0.717) is 11.4 Å². The van der Waals surface area contributed by atoms with Gasteiger partial charge >= 0.3 is 0 Å². The minimum Gasteiger partial charge on any atom is -0.505 e. The second-order valence-electron chi connectivity index (χ2n) is 3.39. The fourth-order valence-electron chi connectivity index (χ4n) is 1.25. The minimum atomic E-state index is -0.262. The van der Waals surface area contributed by atoms with Gasteiger partial charge in [0, 0.05) is 0 Å². The van der Waals surface area contributed by atoms with Gasteiger partial charge in [-0.3, -0.25) is 0 Å². The van der Waals surface area contributed by atoms with Gasteiger partial charge in [0.2, 0.25) is 0 Å². The summed E-state index contributed by atoms with van der Waals surface area (Å²) in [7, 11) is 0. The topological polar surface area (TPSA) is 45.0 Å². The van der Waals surface area contributed by atoms with E-state index in [9.17, 15) is 5.11 Å². The maximum atomic E-state index is 9.48. The zero-order chi connectivity index (χ0) is 13.1. The molecule has 18 heavy (non-hydrogen) atoms. The Balaban J connectivity index is 2.39. The molecule has 0 heterocycles. The van der Waals surface area contributed by atoms with Gasteiger partial charge in [-0.2, -0.15) is 5.11 Å². The Bertz CT molecular complexity index is 600. The van der Waals surface area contributed by atoms with E-state index in [1.54, 1.807) is 12.1 Å². The molecule has 0 saturated carbocycles. The van der Waals surface area contributed by atoms with E-state index in [0.717, 1.165) is 0 Å². The van der Waals surface area contributed by atoms with E-state index < -0.39 is 0 Å². The van der Waals surface area contributed by atoms with E-state index in [1.165, 1.54) is 6.07 Å². The molecule has 6 heteroatoms. The lowest BCUT2D eigenvalue weighted by atomic mass is 10.3. The molecule has 2 aromatic rings. The first-order valence-corrected chi connectivity index (χ1v) is 6.06. The molecule has 92 valence electrons. The van der Waals surface area contributed by atoms with E-state index in [2.05, 4.69) is 10.2 Å². The van der Waals surface area contributed by atoms with Crippen LogP contribution in [0, 0.1) is 0 Å². The lowest BCUT2D eigenvalue weighted by molar-refractivity contribution is 0.476. The molecular formula is C12H7Cl3N2O. The third-order valence-electron chi connectivity index (χ3n) is 2.14. The summed E-state index contributed by atoms with van der Waals surface area (Å²) in [6.45, 7) is 0. The molecule has 0 aliphatic rings. The van der Waals surface area contributed by atoms with Gasteiger partial charge < -0.3 is 5.11 Å². The zero-order valence-electron chi connectivity index (χ0n) is 8.94. The van der Waals surface area contributed by atoms with Crippen molar-refractivity contribution >= 4 is 46.2 Å². The molecule has 1 N–H and O–H groups in total. The average Bonchev–Trinajstić information content (AvgIpc) is 2.40. The predicted molar refractivity (Wildman–Crippen MR) is 73.8 cm³/mol. The first-order chi connectivity index (χ1) is 8.59. The van der Waals surface area contributed by atoms with Crippen molar-refractivity contribution in [3.05, 3.63) is 51.5 Å². The van der Waals surface area contributed by atoms with Crippen molar-refractivity contribution in [1.29, 1.82) is 0 Å². The van der Waals surface area contributed by atoms with Gasteiger partial charge in [-0.1, -0.05) is 53.0 Å². The summed E-state index contributed by atoms with van der Waals surface area (Å²) < 4.78 is 0. The van der Waals surface area contributed by atoms with Crippen LogP contribution in [0.3, 0.4) is 0 Å². The molecule has 0 spiro atoms. The number of halogens is 3. The van der Waals surface area contributed by atoms with Crippen molar-refractivity contribution in [2.75, 3.05) is 0 Å².